The van der Waals surface area contributed by atoms with Crippen LogP contribution in [0, 0.1) is 11.8 Å². The van der Waals surface area contributed by atoms with Crippen molar-refractivity contribution in [1.29, 1.82) is 0 Å². The van der Waals surface area contributed by atoms with Crippen LogP contribution < -0.4 is 19.4 Å². The SMILES string of the molecule is CCOc1ccc(N2CC=C[C@@H]3O[C@]45C=CCN(c6ccc(N(CC)CC)cc6)C(=O)C4N(CCCCCCO)C(=O)[C@@H]5[C@@H]3C2=O)cc1. The molecule has 3 amide bonds. The normalized spacial score (nSPS) is 26.3. The summed E-state index contributed by atoms with van der Waals surface area (Å²) in [5.41, 5.74) is 1.26. The molecule has 1 N–H and O–H groups in total. The molecule has 2 aromatic carbocycles. The van der Waals surface area contributed by atoms with Gasteiger partial charge < -0.3 is 34.2 Å². The fourth-order valence-electron chi connectivity index (χ4n) is 7.91. The fraction of sp³-hybridized carbons (Fsp3) is 0.500. The van der Waals surface area contributed by atoms with Crippen molar-refractivity contribution in [2.45, 2.75) is 64.2 Å². The van der Waals surface area contributed by atoms with E-state index >= 15 is 0 Å². The van der Waals surface area contributed by atoms with E-state index in [9.17, 15) is 19.5 Å². The van der Waals surface area contributed by atoms with E-state index in [1.54, 1.807) is 14.7 Å². The predicted octanol–water partition coefficient (Wildman–Crippen LogP) is 4.57. The van der Waals surface area contributed by atoms with Gasteiger partial charge in [0.2, 0.25) is 11.8 Å². The average molecular weight is 657 g/mol. The highest BCUT2D eigenvalue weighted by molar-refractivity contribution is 6.07. The number of aliphatic hydroxyl groups excluding tert-OH is 1. The van der Waals surface area contributed by atoms with Gasteiger partial charge in [0.15, 0.2) is 0 Å². The van der Waals surface area contributed by atoms with Crippen molar-refractivity contribution < 1.29 is 29.0 Å². The molecular weight excluding hydrogens is 608 g/mol. The number of fused-ring (bicyclic) bond motifs is 2. The molecule has 256 valence electrons. The number of carbonyl (C=O) groups is 3. The van der Waals surface area contributed by atoms with Crippen LogP contribution in [-0.4, -0.2) is 91.4 Å². The molecule has 10 nitrogen and oxygen atoms in total. The Bertz CT molecular complexity index is 1520. The van der Waals surface area contributed by atoms with Gasteiger partial charge >= 0.3 is 0 Å². The maximum Gasteiger partial charge on any atom is 0.253 e. The Labute approximate surface area is 283 Å². The number of hydrogen-bond acceptors (Lipinski definition) is 7. The minimum absolute atomic E-state index is 0.124. The number of benzene rings is 2. The van der Waals surface area contributed by atoms with E-state index in [0.717, 1.165) is 43.1 Å². The van der Waals surface area contributed by atoms with E-state index in [-0.39, 0.29) is 24.3 Å². The number of unbranched alkanes of at least 4 members (excludes halogenated alkanes) is 3. The van der Waals surface area contributed by atoms with Gasteiger partial charge in [-0.15, -0.1) is 0 Å². The summed E-state index contributed by atoms with van der Waals surface area (Å²) < 4.78 is 12.4. The lowest BCUT2D eigenvalue weighted by atomic mass is 9.77. The summed E-state index contributed by atoms with van der Waals surface area (Å²) in [6.45, 7) is 9.63. The van der Waals surface area contributed by atoms with Crippen LogP contribution in [0.1, 0.15) is 46.5 Å². The predicted molar refractivity (Wildman–Crippen MR) is 186 cm³/mol. The summed E-state index contributed by atoms with van der Waals surface area (Å²) in [5.74, 6) is -1.54. The number of ether oxygens (including phenoxy) is 2. The molecule has 5 atom stereocenters. The molecule has 0 radical (unpaired) electrons. The number of rotatable bonds is 13. The molecule has 10 heteroatoms. The van der Waals surface area contributed by atoms with E-state index in [1.807, 2.05) is 79.8 Å². The van der Waals surface area contributed by atoms with Gasteiger partial charge in [-0.05, 0) is 82.1 Å². The van der Waals surface area contributed by atoms with Crippen LogP contribution in [-0.2, 0) is 19.1 Å². The number of likely N-dealkylation sites (tertiary alicyclic amines) is 1. The largest absolute Gasteiger partial charge is 0.494 e. The van der Waals surface area contributed by atoms with Gasteiger partial charge in [-0.1, -0.05) is 37.1 Å². The van der Waals surface area contributed by atoms with E-state index in [0.29, 0.717) is 44.8 Å². The fourth-order valence-corrected chi connectivity index (χ4v) is 7.91. The van der Waals surface area contributed by atoms with Crippen LogP contribution in [0.4, 0.5) is 17.1 Å². The Kier molecular flexibility index (Phi) is 10.2. The number of amides is 3. The molecule has 2 aromatic rings. The van der Waals surface area contributed by atoms with Crippen molar-refractivity contribution in [1.82, 2.24) is 4.90 Å². The summed E-state index contributed by atoms with van der Waals surface area (Å²) in [6.07, 6.45) is 10.00. The second kappa shape index (κ2) is 14.5. The second-order valence-corrected chi connectivity index (χ2v) is 12.9. The maximum absolute atomic E-state index is 14.8. The summed E-state index contributed by atoms with van der Waals surface area (Å²) >= 11 is 0. The van der Waals surface area contributed by atoms with Gasteiger partial charge in [0.05, 0.1) is 24.5 Å². The molecule has 48 heavy (non-hydrogen) atoms. The summed E-state index contributed by atoms with van der Waals surface area (Å²) in [6, 6.07) is 14.5. The van der Waals surface area contributed by atoms with Gasteiger partial charge in [-0.2, -0.15) is 0 Å². The maximum atomic E-state index is 14.8. The first-order chi connectivity index (χ1) is 23.4. The highest BCUT2D eigenvalue weighted by atomic mass is 16.5. The van der Waals surface area contributed by atoms with Crippen LogP contribution in [0.3, 0.4) is 0 Å². The minimum Gasteiger partial charge on any atom is -0.494 e. The molecule has 2 fully saturated rings. The quantitative estimate of drug-likeness (QED) is 0.249. The molecule has 0 saturated carbocycles. The van der Waals surface area contributed by atoms with Crippen molar-refractivity contribution in [3.63, 3.8) is 0 Å². The standard InChI is InChI=1S/C38H48N4O6/c1-4-39(5-2)27-14-16-28(17-15-27)41-25-12-22-38-33(36(45)42(34(38)37(41)46)23-9-7-8-10-26-43)32-31(48-38)13-11-24-40(35(32)44)29-18-20-30(21-19-29)47-6-3/h11-22,31-34,43H,4-10,23-26H2,1-3H3/t31-,32+,33-,34?,38-/m0/s1. The van der Waals surface area contributed by atoms with Gasteiger partial charge in [0.1, 0.15) is 17.4 Å². The number of anilines is 3. The highest BCUT2D eigenvalue weighted by Crippen LogP contribution is 2.54. The molecule has 2 saturated heterocycles. The molecule has 0 aliphatic carbocycles. The molecule has 1 unspecified atom stereocenters. The highest BCUT2D eigenvalue weighted by Gasteiger charge is 2.71. The molecule has 4 heterocycles. The minimum atomic E-state index is -1.29. The topological polar surface area (TPSA) is 103 Å². The van der Waals surface area contributed by atoms with Gasteiger partial charge in [-0.3, -0.25) is 14.4 Å². The molecule has 4 aliphatic rings. The van der Waals surface area contributed by atoms with Crippen molar-refractivity contribution in [2.75, 3.05) is 60.6 Å². The monoisotopic (exact) mass is 656 g/mol. The van der Waals surface area contributed by atoms with Gasteiger partial charge in [-0.25, -0.2) is 0 Å². The van der Waals surface area contributed by atoms with E-state index in [4.69, 9.17) is 9.47 Å². The van der Waals surface area contributed by atoms with E-state index in [1.165, 1.54) is 0 Å². The first-order valence-corrected chi connectivity index (χ1v) is 17.5. The Morgan fingerprint density at radius 2 is 1.48 bits per heavy atom. The van der Waals surface area contributed by atoms with Crippen LogP contribution in [0.2, 0.25) is 0 Å². The van der Waals surface area contributed by atoms with Crippen LogP contribution in [0.15, 0.2) is 72.8 Å². The zero-order valence-electron chi connectivity index (χ0n) is 28.3. The van der Waals surface area contributed by atoms with E-state index < -0.39 is 29.6 Å². The Balaban J connectivity index is 1.34. The molecule has 0 aromatic heterocycles. The first kappa shape index (κ1) is 33.7. The summed E-state index contributed by atoms with van der Waals surface area (Å²) in [7, 11) is 0. The van der Waals surface area contributed by atoms with Crippen LogP contribution in [0.25, 0.3) is 0 Å². The van der Waals surface area contributed by atoms with Gasteiger partial charge in [0.25, 0.3) is 5.91 Å². The van der Waals surface area contributed by atoms with Crippen molar-refractivity contribution in [3.8, 4) is 5.75 Å². The average Bonchev–Trinajstić information content (AvgIpc) is 3.40. The molecular formula is C38H48N4O6. The zero-order chi connectivity index (χ0) is 33.8. The Morgan fingerprint density at radius 3 is 2.15 bits per heavy atom. The molecule has 6 rings (SSSR count). The summed E-state index contributed by atoms with van der Waals surface area (Å²) in [4.78, 5) is 51.2. The lowest BCUT2D eigenvalue weighted by Gasteiger charge is -2.35. The number of nitrogens with zero attached hydrogens (tertiary/aromatic N) is 4. The van der Waals surface area contributed by atoms with E-state index in [2.05, 4.69) is 18.7 Å². The van der Waals surface area contributed by atoms with Crippen molar-refractivity contribution in [2.24, 2.45) is 11.8 Å². The summed E-state index contributed by atoms with van der Waals surface area (Å²) in [5, 5.41) is 9.27. The Morgan fingerprint density at radius 1 is 0.833 bits per heavy atom. The zero-order valence-corrected chi connectivity index (χ0v) is 28.3. The number of carbonyl (C=O) groups excluding carboxylic acids is 3. The lowest BCUT2D eigenvalue weighted by molar-refractivity contribution is -0.140. The Hall–Kier alpha value is -4.15. The van der Waals surface area contributed by atoms with Crippen molar-refractivity contribution in [3.05, 3.63) is 72.8 Å². The van der Waals surface area contributed by atoms with Crippen molar-refractivity contribution >= 4 is 34.8 Å². The van der Waals surface area contributed by atoms with Crippen LogP contribution >= 0.6 is 0 Å². The van der Waals surface area contributed by atoms with Gasteiger partial charge in [0, 0.05) is 56.4 Å². The third-order valence-corrected chi connectivity index (χ3v) is 10.2. The second-order valence-electron chi connectivity index (χ2n) is 12.9. The molecule has 4 aliphatic heterocycles. The molecule has 0 bridgehead atoms. The first-order valence-electron chi connectivity index (χ1n) is 17.5. The number of aliphatic hydroxyl groups is 1. The third kappa shape index (κ3) is 6.00. The smallest absolute Gasteiger partial charge is 0.253 e. The lowest BCUT2D eigenvalue weighted by Crippen LogP contribution is -2.55. The third-order valence-electron chi connectivity index (χ3n) is 10.2. The molecule has 1 spiro atoms. The van der Waals surface area contributed by atoms with Crippen LogP contribution in [0.5, 0.6) is 5.75 Å². The number of hydrogen-bond donors (Lipinski definition) is 1.